The van der Waals surface area contributed by atoms with E-state index in [1.54, 1.807) is 30.3 Å². The fourth-order valence-corrected chi connectivity index (χ4v) is 4.39. The van der Waals surface area contributed by atoms with E-state index in [1.165, 1.54) is 11.5 Å². The number of carbonyl (C=O) groups is 1. The summed E-state index contributed by atoms with van der Waals surface area (Å²) in [6.07, 6.45) is 3.49. The van der Waals surface area contributed by atoms with Crippen LogP contribution >= 0.6 is 22.9 Å². The molecule has 0 aliphatic rings. The summed E-state index contributed by atoms with van der Waals surface area (Å²) in [7, 11) is 1.54. The van der Waals surface area contributed by atoms with Gasteiger partial charge in [0.15, 0.2) is 4.96 Å². The van der Waals surface area contributed by atoms with Gasteiger partial charge in [0.1, 0.15) is 15.6 Å². The number of hydrogen-bond donors (Lipinski definition) is 1. The van der Waals surface area contributed by atoms with E-state index >= 15 is 0 Å². The third-order valence-electron chi connectivity index (χ3n) is 4.82. The quantitative estimate of drug-likeness (QED) is 0.446. The van der Waals surface area contributed by atoms with Crippen molar-refractivity contribution in [2.45, 2.75) is 6.92 Å². The zero-order valence-electron chi connectivity index (χ0n) is 16.6. The van der Waals surface area contributed by atoms with Crippen LogP contribution in [0.15, 0.2) is 53.3 Å². The highest BCUT2D eigenvalue weighted by Crippen LogP contribution is 2.32. The second kappa shape index (κ2) is 8.37. The van der Waals surface area contributed by atoms with Crippen molar-refractivity contribution in [2.24, 2.45) is 0 Å². The summed E-state index contributed by atoms with van der Waals surface area (Å²) in [5, 5.41) is 9.66. The fourth-order valence-electron chi connectivity index (χ4n) is 3.21. The molecule has 0 aliphatic carbocycles. The molecule has 2 heterocycles. The number of aromatic carboxylic acids is 1. The van der Waals surface area contributed by atoms with Gasteiger partial charge in [-0.3, -0.25) is 4.79 Å². The van der Waals surface area contributed by atoms with Gasteiger partial charge in [-0.25, -0.2) is 14.2 Å². The molecule has 0 aliphatic heterocycles. The maximum atomic E-state index is 13.1. The summed E-state index contributed by atoms with van der Waals surface area (Å²) < 4.78 is 6.41. The molecule has 0 bridgehead atoms. The minimum atomic E-state index is -1.14. The molecule has 0 spiro atoms. The summed E-state index contributed by atoms with van der Waals surface area (Å²) >= 11 is 7.29. The Morgan fingerprint density at radius 1 is 1.16 bits per heavy atom. The van der Waals surface area contributed by atoms with Crippen LogP contribution in [0, 0.1) is 6.92 Å². The van der Waals surface area contributed by atoms with E-state index in [4.69, 9.17) is 16.3 Å². The summed E-state index contributed by atoms with van der Waals surface area (Å²) in [5.74, 6) is -0.527. The second-order valence-corrected chi connectivity index (χ2v) is 8.09. The van der Waals surface area contributed by atoms with Crippen LogP contribution in [0.3, 0.4) is 0 Å². The Bertz CT molecular complexity index is 1390. The Balaban J connectivity index is 1.91. The van der Waals surface area contributed by atoms with Gasteiger partial charge in [-0.05, 0) is 48.4 Å². The molecule has 2 aromatic carbocycles. The molecule has 0 saturated carbocycles. The normalized spacial score (nSPS) is 11.3. The molecule has 0 fully saturated rings. The van der Waals surface area contributed by atoms with Gasteiger partial charge in [0.05, 0.1) is 18.5 Å². The van der Waals surface area contributed by atoms with Crippen molar-refractivity contribution in [1.29, 1.82) is 0 Å². The van der Waals surface area contributed by atoms with Crippen molar-refractivity contribution >= 4 is 46.0 Å². The number of carboxylic acid groups (broad SMARTS) is 1. The van der Waals surface area contributed by atoms with Crippen LogP contribution in [0.5, 0.6) is 5.75 Å². The number of methoxy groups -OCH3 is 1. The molecule has 4 aromatic rings. The maximum absolute atomic E-state index is 13.1. The largest absolute Gasteiger partial charge is 0.497 e. The van der Waals surface area contributed by atoms with E-state index in [0.29, 0.717) is 11.3 Å². The van der Waals surface area contributed by atoms with Crippen molar-refractivity contribution in [1.82, 2.24) is 9.38 Å². The number of aromatic nitrogens is 2. The van der Waals surface area contributed by atoms with Crippen LogP contribution in [-0.4, -0.2) is 27.6 Å². The molecule has 0 atom stereocenters. The SMILES string of the molecule is COc1ccc(-c2c(C(=O)O)sc3nc(/C=C/c4ccccc4C)c(Cl)c(=O)n23)cc1. The topological polar surface area (TPSA) is 80.9 Å². The van der Waals surface area contributed by atoms with Crippen LogP contribution in [0.4, 0.5) is 0 Å². The summed E-state index contributed by atoms with van der Waals surface area (Å²) in [4.78, 5) is 29.8. The van der Waals surface area contributed by atoms with Gasteiger partial charge < -0.3 is 9.84 Å². The predicted octanol–water partition coefficient (Wildman–Crippen LogP) is 5.26. The summed E-state index contributed by atoms with van der Waals surface area (Å²) in [6.45, 7) is 1.98. The van der Waals surface area contributed by atoms with E-state index in [9.17, 15) is 14.7 Å². The number of aryl methyl sites for hydroxylation is 1. The van der Waals surface area contributed by atoms with Crippen molar-refractivity contribution in [3.63, 3.8) is 0 Å². The van der Waals surface area contributed by atoms with E-state index in [2.05, 4.69) is 4.98 Å². The lowest BCUT2D eigenvalue weighted by Crippen LogP contribution is -2.17. The highest BCUT2D eigenvalue weighted by atomic mass is 35.5. The molecule has 0 amide bonds. The lowest BCUT2D eigenvalue weighted by atomic mass is 10.1. The van der Waals surface area contributed by atoms with Gasteiger partial charge in [-0.2, -0.15) is 0 Å². The summed E-state index contributed by atoms with van der Waals surface area (Å²) in [5.41, 5.74) is 2.59. The van der Waals surface area contributed by atoms with Crippen molar-refractivity contribution < 1.29 is 14.6 Å². The van der Waals surface area contributed by atoms with Gasteiger partial charge >= 0.3 is 5.97 Å². The lowest BCUT2D eigenvalue weighted by Gasteiger charge is -2.06. The smallest absolute Gasteiger partial charge is 0.348 e. The molecule has 4 rings (SSSR count). The van der Waals surface area contributed by atoms with Gasteiger partial charge in [0.25, 0.3) is 5.56 Å². The highest BCUT2D eigenvalue weighted by molar-refractivity contribution is 7.19. The average Bonchev–Trinajstić information content (AvgIpc) is 3.16. The molecule has 1 N–H and O–H groups in total. The minimum Gasteiger partial charge on any atom is -0.497 e. The van der Waals surface area contributed by atoms with E-state index in [0.717, 1.165) is 22.5 Å². The van der Waals surface area contributed by atoms with Crippen molar-refractivity contribution in [3.8, 4) is 17.0 Å². The number of hydrogen-bond acceptors (Lipinski definition) is 5. The van der Waals surface area contributed by atoms with Crippen LogP contribution in [-0.2, 0) is 0 Å². The molecule has 0 unspecified atom stereocenters. The number of benzene rings is 2. The fraction of sp³-hybridized carbons (Fsp3) is 0.0870. The Hall–Kier alpha value is -3.42. The lowest BCUT2D eigenvalue weighted by molar-refractivity contribution is 0.0702. The Morgan fingerprint density at radius 3 is 2.52 bits per heavy atom. The molecule has 0 saturated heterocycles. The third-order valence-corrected chi connectivity index (χ3v) is 6.21. The zero-order valence-corrected chi connectivity index (χ0v) is 18.2. The standard InChI is InChI=1S/C23H17ClN2O4S/c1-13-5-3-4-6-14(13)9-12-17-18(24)21(27)26-19(15-7-10-16(30-2)11-8-15)20(22(28)29)31-23(26)25-17/h3-12H,1-2H3,(H,28,29)/b12-9+. The number of halogens is 1. The van der Waals surface area contributed by atoms with Gasteiger partial charge in [-0.15, -0.1) is 0 Å². The van der Waals surface area contributed by atoms with Gasteiger partial charge in [0, 0.05) is 5.56 Å². The number of nitrogens with zero attached hydrogens (tertiary/aromatic N) is 2. The Kier molecular flexibility index (Phi) is 5.63. The number of rotatable bonds is 5. The number of thiazole rings is 1. The van der Waals surface area contributed by atoms with Gasteiger partial charge in [0.2, 0.25) is 0 Å². The second-order valence-electron chi connectivity index (χ2n) is 6.74. The number of ether oxygens (including phenoxy) is 1. The van der Waals surface area contributed by atoms with Crippen molar-refractivity contribution in [2.75, 3.05) is 7.11 Å². The molecule has 156 valence electrons. The maximum Gasteiger partial charge on any atom is 0.348 e. The summed E-state index contributed by atoms with van der Waals surface area (Å²) in [6, 6.07) is 14.6. The zero-order chi connectivity index (χ0) is 22.1. The first-order valence-corrected chi connectivity index (χ1v) is 10.5. The van der Waals surface area contributed by atoms with E-state index in [-0.39, 0.29) is 26.2 Å². The van der Waals surface area contributed by atoms with Crippen LogP contribution < -0.4 is 10.3 Å². The van der Waals surface area contributed by atoms with Crippen LogP contribution in [0.1, 0.15) is 26.5 Å². The monoisotopic (exact) mass is 452 g/mol. The molecule has 6 nitrogen and oxygen atoms in total. The number of carboxylic acids is 1. The van der Waals surface area contributed by atoms with E-state index in [1.807, 2.05) is 37.3 Å². The van der Waals surface area contributed by atoms with Crippen LogP contribution in [0.2, 0.25) is 5.02 Å². The third kappa shape index (κ3) is 3.85. The molecular formula is C23H17ClN2O4S. The first-order valence-electron chi connectivity index (χ1n) is 9.27. The van der Waals surface area contributed by atoms with Gasteiger partial charge in [-0.1, -0.05) is 53.3 Å². The average molecular weight is 453 g/mol. The Morgan fingerprint density at radius 2 is 1.87 bits per heavy atom. The predicted molar refractivity (Wildman–Crippen MR) is 123 cm³/mol. The number of fused-ring (bicyclic) bond motifs is 1. The molecule has 8 heteroatoms. The van der Waals surface area contributed by atoms with Crippen molar-refractivity contribution in [3.05, 3.63) is 85.6 Å². The van der Waals surface area contributed by atoms with E-state index < -0.39 is 11.5 Å². The van der Waals surface area contributed by atoms with Crippen LogP contribution in [0.25, 0.3) is 28.4 Å². The molecule has 31 heavy (non-hydrogen) atoms. The first-order chi connectivity index (χ1) is 14.9. The highest BCUT2D eigenvalue weighted by Gasteiger charge is 2.23. The molecular weight excluding hydrogens is 436 g/mol. The molecule has 0 radical (unpaired) electrons. The first kappa shape index (κ1) is 20.8. The molecule has 2 aromatic heterocycles. The minimum absolute atomic E-state index is 0.00543. The Labute approximate surface area is 186 Å².